The number of anilines is 2. The van der Waals surface area contributed by atoms with E-state index in [1.54, 1.807) is 57.2 Å². The van der Waals surface area contributed by atoms with Crippen molar-refractivity contribution in [1.29, 1.82) is 0 Å². The second kappa shape index (κ2) is 12.9. The normalized spacial score (nSPS) is 14.1. The van der Waals surface area contributed by atoms with Gasteiger partial charge in [-0.05, 0) is 88.4 Å². The minimum Gasteiger partial charge on any atom is -0.444 e. The molecule has 0 spiro atoms. The van der Waals surface area contributed by atoms with Gasteiger partial charge in [0.1, 0.15) is 5.60 Å². The SMILES string of the molecule is Cc1cc(CNCC2CCOCC2)cnc1-c1ccc(C(=O)Nc2ccccc2NC(=O)OC(C)(C)C)cc1. The number of aryl methyl sites for hydroxylation is 1. The molecule has 1 aromatic heterocycles. The maximum absolute atomic E-state index is 13.0. The van der Waals surface area contributed by atoms with Crippen LogP contribution in [-0.4, -0.2) is 42.3 Å². The first-order valence-corrected chi connectivity index (χ1v) is 13.4. The summed E-state index contributed by atoms with van der Waals surface area (Å²) in [5.41, 5.74) is 4.88. The van der Waals surface area contributed by atoms with Crippen molar-refractivity contribution >= 4 is 23.4 Å². The maximum atomic E-state index is 13.0. The molecule has 0 radical (unpaired) electrons. The van der Waals surface area contributed by atoms with Crippen LogP contribution in [0.4, 0.5) is 16.2 Å². The first kappa shape index (κ1) is 28.3. The van der Waals surface area contributed by atoms with Gasteiger partial charge in [0, 0.05) is 37.1 Å². The van der Waals surface area contributed by atoms with E-state index in [4.69, 9.17) is 14.5 Å². The van der Waals surface area contributed by atoms with E-state index in [-0.39, 0.29) is 5.91 Å². The number of amides is 2. The van der Waals surface area contributed by atoms with Crippen LogP contribution in [0, 0.1) is 12.8 Å². The summed E-state index contributed by atoms with van der Waals surface area (Å²) in [6.45, 7) is 10.9. The van der Waals surface area contributed by atoms with Gasteiger partial charge in [-0.1, -0.05) is 30.3 Å². The molecule has 0 bridgehead atoms. The van der Waals surface area contributed by atoms with Crippen LogP contribution >= 0.6 is 0 Å². The molecule has 8 heteroatoms. The van der Waals surface area contributed by atoms with Crippen molar-refractivity contribution in [2.45, 2.75) is 52.7 Å². The van der Waals surface area contributed by atoms with E-state index >= 15 is 0 Å². The number of aromatic nitrogens is 1. The second-order valence-electron chi connectivity index (χ2n) is 10.9. The highest BCUT2D eigenvalue weighted by Gasteiger charge is 2.18. The average Bonchev–Trinajstić information content (AvgIpc) is 2.89. The van der Waals surface area contributed by atoms with E-state index in [1.165, 1.54) is 0 Å². The van der Waals surface area contributed by atoms with Gasteiger partial charge in [-0.25, -0.2) is 4.79 Å². The highest BCUT2D eigenvalue weighted by molar-refractivity contribution is 6.07. The number of carbonyl (C=O) groups excluding carboxylic acids is 2. The molecule has 1 fully saturated rings. The molecule has 1 aliphatic heterocycles. The van der Waals surface area contributed by atoms with Crippen LogP contribution < -0.4 is 16.0 Å². The summed E-state index contributed by atoms with van der Waals surface area (Å²) in [7, 11) is 0. The molecule has 39 heavy (non-hydrogen) atoms. The van der Waals surface area contributed by atoms with Gasteiger partial charge in [-0.2, -0.15) is 0 Å². The average molecular weight is 531 g/mol. The maximum Gasteiger partial charge on any atom is 0.412 e. The summed E-state index contributed by atoms with van der Waals surface area (Å²) in [6.07, 6.45) is 3.56. The number of carbonyl (C=O) groups is 2. The van der Waals surface area contributed by atoms with Crippen LogP contribution in [0.5, 0.6) is 0 Å². The van der Waals surface area contributed by atoms with Gasteiger partial charge in [0.05, 0.1) is 17.1 Å². The third-order valence-corrected chi connectivity index (χ3v) is 6.47. The number of benzene rings is 2. The lowest BCUT2D eigenvalue weighted by Crippen LogP contribution is -2.27. The number of nitrogens with zero attached hydrogens (tertiary/aromatic N) is 1. The Morgan fingerprint density at radius 2 is 1.67 bits per heavy atom. The van der Waals surface area contributed by atoms with Crippen LogP contribution in [0.25, 0.3) is 11.3 Å². The lowest BCUT2D eigenvalue weighted by atomic mass is 10.0. The Morgan fingerprint density at radius 1 is 1.00 bits per heavy atom. The molecule has 2 amide bonds. The predicted octanol–water partition coefficient (Wildman–Crippen LogP) is 6.17. The summed E-state index contributed by atoms with van der Waals surface area (Å²) >= 11 is 0. The molecule has 3 aromatic rings. The van der Waals surface area contributed by atoms with E-state index < -0.39 is 11.7 Å². The van der Waals surface area contributed by atoms with Crippen molar-refractivity contribution < 1.29 is 19.1 Å². The van der Waals surface area contributed by atoms with Crippen LogP contribution in [0.2, 0.25) is 0 Å². The lowest BCUT2D eigenvalue weighted by molar-refractivity contribution is 0.0635. The molecule has 1 saturated heterocycles. The van der Waals surface area contributed by atoms with Gasteiger partial charge >= 0.3 is 6.09 Å². The van der Waals surface area contributed by atoms with Gasteiger partial charge in [0.2, 0.25) is 0 Å². The third-order valence-electron chi connectivity index (χ3n) is 6.47. The van der Waals surface area contributed by atoms with Gasteiger partial charge in [0.15, 0.2) is 0 Å². The lowest BCUT2D eigenvalue weighted by Gasteiger charge is -2.22. The van der Waals surface area contributed by atoms with Gasteiger partial charge in [0.25, 0.3) is 5.91 Å². The van der Waals surface area contributed by atoms with Crippen molar-refractivity contribution in [3.8, 4) is 11.3 Å². The van der Waals surface area contributed by atoms with Crippen molar-refractivity contribution in [1.82, 2.24) is 10.3 Å². The number of ether oxygens (including phenoxy) is 2. The Kier molecular flexibility index (Phi) is 9.32. The number of rotatable bonds is 8. The Bertz CT molecular complexity index is 1280. The highest BCUT2D eigenvalue weighted by Crippen LogP contribution is 2.25. The number of para-hydroxylation sites is 2. The molecule has 2 heterocycles. The molecule has 2 aromatic carbocycles. The Morgan fingerprint density at radius 3 is 2.31 bits per heavy atom. The number of pyridine rings is 1. The number of hydrogen-bond donors (Lipinski definition) is 3. The Balaban J connectivity index is 1.36. The van der Waals surface area contributed by atoms with Crippen molar-refractivity contribution in [2.75, 3.05) is 30.4 Å². The van der Waals surface area contributed by atoms with E-state index in [0.717, 1.165) is 61.5 Å². The summed E-state index contributed by atoms with van der Waals surface area (Å²) in [6, 6.07) is 16.5. The number of nitrogens with one attached hydrogen (secondary N) is 3. The van der Waals surface area contributed by atoms with Gasteiger partial charge < -0.3 is 20.1 Å². The molecule has 0 unspecified atom stereocenters. The third kappa shape index (κ3) is 8.37. The van der Waals surface area contributed by atoms with Crippen LogP contribution in [-0.2, 0) is 16.0 Å². The van der Waals surface area contributed by atoms with E-state index in [0.29, 0.717) is 22.9 Å². The minimum atomic E-state index is -0.626. The van der Waals surface area contributed by atoms with Crippen LogP contribution in [0.15, 0.2) is 60.8 Å². The minimum absolute atomic E-state index is 0.282. The van der Waals surface area contributed by atoms with Crippen molar-refractivity contribution in [2.24, 2.45) is 5.92 Å². The summed E-state index contributed by atoms with van der Waals surface area (Å²) in [5.74, 6) is 0.396. The summed E-state index contributed by atoms with van der Waals surface area (Å²) in [4.78, 5) is 29.9. The first-order valence-electron chi connectivity index (χ1n) is 13.4. The summed E-state index contributed by atoms with van der Waals surface area (Å²) in [5, 5.41) is 9.13. The second-order valence-corrected chi connectivity index (χ2v) is 10.9. The monoisotopic (exact) mass is 530 g/mol. The Labute approximate surface area is 230 Å². The van der Waals surface area contributed by atoms with E-state index in [2.05, 4.69) is 28.9 Å². The highest BCUT2D eigenvalue weighted by atomic mass is 16.6. The van der Waals surface area contributed by atoms with Crippen molar-refractivity contribution in [3.05, 3.63) is 77.5 Å². The predicted molar refractivity (Wildman–Crippen MR) is 154 cm³/mol. The zero-order valence-electron chi connectivity index (χ0n) is 23.2. The van der Waals surface area contributed by atoms with Crippen LogP contribution in [0.1, 0.15) is 55.1 Å². The largest absolute Gasteiger partial charge is 0.444 e. The molecular formula is C31H38N4O4. The topological polar surface area (TPSA) is 102 Å². The number of hydrogen-bond acceptors (Lipinski definition) is 6. The van der Waals surface area contributed by atoms with Gasteiger partial charge in [-0.3, -0.25) is 15.1 Å². The molecule has 1 aliphatic rings. The smallest absolute Gasteiger partial charge is 0.412 e. The van der Waals surface area contributed by atoms with Crippen LogP contribution in [0.3, 0.4) is 0 Å². The van der Waals surface area contributed by atoms with Gasteiger partial charge in [-0.15, -0.1) is 0 Å². The molecular weight excluding hydrogens is 492 g/mol. The molecule has 4 rings (SSSR count). The first-order chi connectivity index (χ1) is 18.7. The molecule has 3 N–H and O–H groups in total. The molecule has 0 aliphatic carbocycles. The Hall–Kier alpha value is -3.75. The van der Waals surface area contributed by atoms with Crippen molar-refractivity contribution in [3.63, 3.8) is 0 Å². The molecule has 206 valence electrons. The fourth-order valence-corrected chi connectivity index (χ4v) is 4.49. The zero-order chi connectivity index (χ0) is 27.8. The molecule has 0 atom stereocenters. The molecule has 0 saturated carbocycles. The quantitative estimate of drug-likeness (QED) is 0.322. The zero-order valence-corrected chi connectivity index (χ0v) is 23.2. The van der Waals surface area contributed by atoms with E-state index in [9.17, 15) is 9.59 Å². The standard InChI is InChI=1S/C31H38N4O4/c1-21-17-23(19-32-18-22-13-15-38-16-14-22)20-33-28(21)24-9-11-25(12-10-24)29(36)34-26-7-5-6-8-27(26)35-30(37)39-31(2,3)4/h5-12,17,20,22,32H,13-16,18-19H2,1-4H3,(H,34,36)(H,35,37). The fraction of sp³-hybridized carbons (Fsp3) is 0.387. The fourth-order valence-electron chi connectivity index (χ4n) is 4.49. The summed E-state index contributed by atoms with van der Waals surface area (Å²) < 4.78 is 10.8. The molecule has 8 nitrogen and oxygen atoms in total. The van der Waals surface area contributed by atoms with E-state index in [1.807, 2.05) is 18.3 Å².